The highest BCUT2D eigenvalue weighted by Crippen LogP contribution is 2.17. The Morgan fingerprint density at radius 3 is 2.38 bits per heavy atom. The average molecular weight is 188 g/mol. The molecule has 0 aromatic rings. The SMILES string of the molecule is CC1CCC(O)[C@@H]2C(O)[C@@H](O)C[NH+]12. The molecule has 2 fully saturated rings. The monoisotopic (exact) mass is 188 g/mol. The summed E-state index contributed by atoms with van der Waals surface area (Å²) in [7, 11) is 0. The Morgan fingerprint density at radius 2 is 1.77 bits per heavy atom. The molecule has 2 rings (SSSR count). The number of aliphatic hydroxyl groups excluding tert-OH is 3. The molecule has 0 radical (unpaired) electrons. The molecule has 76 valence electrons. The van der Waals surface area contributed by atoms with E-state index in [1.165, 1.54) is 4.90 Å². The summed E-state index contributed by atoms with van der Waals surface area (Å²) in [5.41, 5.74) is 0. The van der Waals surface area contributed by atoms with Gasteiger partial charge in [-0.1, -0.05) is 0 Å². The van der Waals surface area contributed by atoms with E-state index in [4.69, 9.17) is 0 Å². The molecule has 0 spiro atoms. The van der Waals surface area contributed by atoms with Gasteiger partial charge in [0.2, 0.25) is 0 Å². The first-order valence-electron chi connectivity index (χ1n) is 5.01. The van der Waals surface area contributed by atoms with Crippen LogP contribution in [0.1, 0.15) is 19.8 Å². The molecule has 13 heavy (non-hydrogen) atoms. The second-order valence-electron chi connectivity index (χ2n) is 4.41. The Bertz CT molecular complexity index is 199. The van der Waals surface area contributed by atoms with Crippen molar-refractivity contribution in [3.8, 4) is 0 Å². The van der Waals surface area contributed by atoms with Crippen LogP contribution in [0.4, 0.5) is 0 Å². The van der Waals surface area contributed by atoms with Gasteiger partial charge in [0.1, 0.15) is 30.9 Å². The van der Waals surface area contributed by atoms with Gasteiger partial charge in [-0.15, -0.1) is 0 Å². The highest BCUT2D eigenvalue weighted by molar-refractivity contribution is 4.89. The lowest BCUT2D eigenvalue weighted by molar-refractivity contribution is -0.946. The van der Waals surface area contributed by atoms with Crippen molar-refractivity contribution in [2.45, 2.75) is 50.2 Å². The second kappa shape index (κ2) is 3.20. The van der Waals surface area contributed by atoms with Crippen molar-refractivity contribution in [2.75, 3.05) is 6.54 Å². The molecule has 0 aliphatic carbocycles. The van der Waals surface area contributed by atoms with Gasteiger partial charge >= 0.3 is 0 Å². The fraction of sp³-hybridized carbons (Fsp3) is 1.00. The van der Waals surface area contributed by atoms with Gasteiger partial charge in [-0.25, -0.2) is 0 Å². The predicted octanol–water partition coefficient (Wildman–Crippen LogP) is -2.48. The number of quaternary nitrogens is 1. The molecule has 4 nitrogen and oxygen atoms in total. The first kappa shape index (κ1) is 9.40. The van der Waals surface area contributed by atoms with Crippen molar-refractivity contribution in [3.05, 3.63) is 0 Å². The molecule has 6 atom stereocenters. The van der Waals surface area contributed by atoms with Gasteiger partial charge in [0.05, 0.1) is 6.04 Å². The van der Waals surface area contributed by atoms with Crippen LogP contribution in [-0.4, -0.2) is 52.3 Å². The Morgan fingerprint density at radius 1 is 1.08 bits per heavy atom. The van der Waals surface area contributed by atoms with Gasteiger partial charge in [0.25, 0.3) is 0 Å². The highest BCUT2D eigenvalue weighted by atomic mass is 16.3. The lowest BCUT2D eigenvalue weighted by Gasteiger charge is -2.36. The Hall–Kier alpha value is -0.160. The van der Waals surface area contributed by atoms with Crippen molar-refractivity contribution in [3.63, 3.8) is 0 Å². The summed E-state index contributed by atoms with van der Waals surface area (Å²) in [5.74, 6) is 0. The number of hydrogen-bond donors (Lipinski definition) is 4. The number of fused-ring (bicyclic) bond motifs is 1. The van der Waals surface area contributed by atoms with Gasteiger partial charge in [-0.2, -0.15) is 0 Å². The van der Waals surface area contributed by atoms with E-state index < -0.39 is 18.3 Å². The first-order chi connectivity index (χ1) is 6.11. The second-order valence-corrected chi connectivity index (χ2v) is 4.41. The van der Waals surface area contributed by atoms with E-state index in [0.717, 1.165) is 12.8 Å². The average Bonchev–Trinajstić information content (AvgIpc) is 2.38. The number of hydrogen-bond acceptors (Lipinski definition) is 3. The fourth-order valence-corrected chi connectivity index (χ4v) is 2.75. The minimum Gasteiger partial charge on any atom is -0.387 e. The van der Waals surface area contributed by atoms with Crippen molar-refractivity contribution in [2.24, 2.45) is 0 Å². The number of rotatable bonds is 0. The first-order valence-corrected chi connectivity index (χ1v) is 5.01. The molecule has 2 heterocycles. The smallest absolute Gasteiger partial charge is 0.143 e. The van der Waals surface area contributed by atoms with Crippen LogP contribution in [0.5, 0.6) is 0 Å². The van der Waals surface area contributed by atoms with E-state index in [1.807, 2.05) is 0 Å². The van der Waals surface area contributed by atoms with E-state index in [-0.39, 0.29) is 6.04 Å². The van der Waals surface area contributed by atoms with Crippen LogP contribution in [0.25, 0.3) is 0 Å². The Labute approximate surface area is 77.8 Å². The van der Waals surface area contributed by atoms with Gasteiger partial charge in [-0.3, -0.25) is 0 Å². The molecule has 2 aliphatic heterocycles. The summed E-state index contributed by atoms with van der Waals surface area (Å²) in [4.78, 5) is 1.17. The predicted molar refractivity (Wildman–Crippen MR) is 46.3 cm³/mol. The van der Waals surface area contributed by atoms with Crippen LogP contribution in [0, 0.1) is 0 Å². The molecular formula is C9H18NO3+. The molecule has 4 unspecified atom stereocenters. The molecule has 4 N–H and O–H groups in total. The van der Waals surface area contributed by atoms with E-state index in [1.54, 1.807) is 0 Å². The minimum atomic E-state index is -0.743. The summed E-state index contributed by atoms with van der Waals surface area (Å²) < 4.78 is 0. The Balaban J connectivity index is 2.17. The number of aliphatic hydroxyl groups is 3. The third-order valence-corrected chi connectivity index (χ3v) is 3.58. The van der Waals surface area contributed by atoms with Crippen LogP contribution in [0.3, 0.4) is 0 Å². The lowest BCUT2D eigenvalue weighted by Crippen LogP contribution is -3.20. The van der Waals surface area contributed by atoms with Gasteiger partial charge < -0.3 is 20.2 Å². The van der Waals surface area contributed by atoms with Crippen molar-refractivity contribution in [1.29, 1.82) is 0 Å². The minimum absolute atomic E-state index is 0.168. The van der Waals surface area contributed by atoms with E-state index in [9.17, 15) is 15.3 Å². The summed E-state index contributed by atoms with van der Waals surface area (Å²) in [5, 5.41) is 28.8. The summed E-state index contributed by atoms with van der Waals surface area (Å²) in [6.45, 7) is 2.68. The van der Waals surface area contributed by atoms with E-state index in [2.05, 4.69) is 6.92 Å². The molecule has 0 aromatic heterocycles. The molecule has 2 aliphatic rings. The standard InChI is InChI=1S/C9H17NO3/c1-5-2-3-6(11)8-9(13)7(12)4-10(5)8/h5-9,11-13H,2-4H2,1H3/p+1/t5?,6?,7-,8+,9?/m0/s1. The molecule has 0 saturated carbocycles. The summed E-state index contributed by atoms with van der Waals surface area (Å²) >= 11 is 0. The highest BCUT2D eigenvalue weighted by Gasteiger charge is 2.51. The molecule has 0 amide bonds. The van der Waals surface area contributed by atoms with Gasteiger partial charge in [0, 0.05) is 6.42 Å². The van der Waals surface area contributed by atoms with Crippen molar-refractivity contribution >= 4 is 0 Å². The van der Waals surface area contributed by atoms with Crippen LogP contribution < -0.4 is 4.90 Å². The molecule has 0 aromatic carbocycles. The number of nitrogens with one attached hydrogen (secondary N) is 1. The third-order valence-electron chi connectivity index (χ3n) is 3.58. The van der Waals surface area contributed by atoms with E-state index >= 15 is 0 Å². The van der Waals surface area contributed by atoms with E-state index in [0.29, 0.717) is 12.6 Å². The lowest BCUT2D eigenvalue weighted by atomic mass is 9.93. The molecule has 0 bridgehead atoms. The van der Waals surface area contributed by atoms with Crippen LogP contribution in [-0.2, 0) is 0 Å². The zero-order valence-corrected chi connectivity index (χ0v) is 7.85. The number of piperidine rings is 1. The fourth-order valence-electron chi connectivity index (χ4n) is 2.75. The quantitative estimate of drug-likeness (QED) is 0.340. The third kappa shape index (κ3) is 1.38. The largest absolute Gasteiger partial charge is 0.387 e. The van der Waals surface area contributed by atoms with Crippen molar-refractivity contribution in [1.82, 2.24) is 0 Å². The zero-order valence-electron chi connectivity index (χ0n) is 7.85. The summed E-state index contributed by atoms with van der Waals surface area (Å²) in [6.07, 6.45) is -0.118. The maximum absolute atomic E-state index is 9.69. The summed E-state index contributed by atoms with van der Waals surface area (Å²) in [6, 6.07) is 0.277. The van der Waals surface area contributed by atoms with Crippen LogP contribution >= 0.6 is 0 Å². The topological polar surface area (TPSA) is 65.1 Å². The Kier molecular flexibility index (Phi) is 2.32. The van der Waals surface area contributed by atoms with Crippen LogP contribution in [0.2, 0.25) is 0 Å². The molecular weight excluding hydrogens is 170 g/mol. The maximum Gasteiger partial charge on any atom is 0.143 e. The zero-order chi connectivity index (χ0) is 9.59. The molecule has 2 saturated heterocycles. The van der Waals surface area contributed by atoms with Gasteiger partial charge in [0.15, 0.2) is 0 Å². The maximum atomic E-state index is 9.69. The van der Waals surface area contributed by atoms with Crippen LogP contribution in [0.15, 0.2) is 0 Å². The van der Waals surface area contributed by atoms with Gasteiger partial charge in [-0.05, 0) is 13.3 Å². The molecule has 4 heteroatoms. The normalized spacial score (nSPS) is 56.3. The van der Waals surface area contributed by atoms with Crippen molar-refractivity contribution < 1.29 is 20.2 Å².